The van der Waals surface area contributed by atoms with E-state index in [1.807, 2.05) is 30.3 Å². The molecule has 1 heterocycles. The van der Waals surface area contributed by atoms with Gasteiger partial charge in [0.05, 0.1) is 32.1 Å². The van der Waals surface area contributed by atoms with Crippen molar-refractivity contribution in [2.24, 2.45) is 0 Å². The first-order valence-electron chi connectivity index (χ1n) is 9.52. The van der Waals surface area contributed by atoms with Crippen LogP contribution in [0.2, 0.25) is 0 Å². The van der Waals surface area contributed by atoms with Gasteiger partial charge >= 0.3 is 15.2 Å². The number of nitrogens with one attached hydrogen (secondary N) is 1. The SMILES string of the molecule is CCOP(=O)(OCC)[C@H]1C[C@H](P(=O)(OCC)OCC)[C@@H](c2ccccc2)N1. The van der Waals surface area contributed by atoms with Gasteiger partial charge in [-0.05, 0) is 39.7 Å². The maximum absolute atomic E-state index is 13.5. The van der Waals surface area contributed by atoms with Crippen molar-refractivity contribution in [1.82, 2.24) is 5.32 Å². The third-order valence-electron chi connectivity index (χ3n) is 4.40. The van der Waals surface area contributed by atoms with Crippen LogP contribution in [0.3, 0.4) is 0 Å². The topological polar surface area (TPSA) is 83.1 Å². The minimum Gasteiger partial charge on any atom is -0.309 e. The predicted molar refractivity (Wildman–Crippen MR) is 106 cm³/mol. The molecule has 1 fully saturated rings. The van der Waals surface area contributed by atoms with Gasteiger partial charge in [-0.1, -0.05) is 30.3 Å². The lowest BCUT2D eigenvalue weighted by molar-refractivity contribution is 0.208. The first kappa shape index (κ1) is 22.8. The van der Waals surface area contributed by atoms with E-state index in [0.29, 0.717) is 6.42 Å². The van der Waals surface area contributed by atoms with Gasteiger partial charge in [-0.15, -0.1) is 0 Å². The third kappa shape index (κ3) is 5.30. The van der Waals surface area contributed by atoms with Crippen LogP contribution in [0, 0.1) is 0 Å². The van der Waals surface area contributed by atoms with Crippen molar-refractivity contribution in [2.45, 2.75) is 51.6 Å². The molecule has 154 valence electrons. The second-order valence-electron chi connectivity index (χ2n) is 6.12. The quantitative estimate of drug-likeness (QED) is 0.508. The molecule has 0 spiro atoms. The Hall–Kier alpha value is -0.520. The van der Waals surface area contributed by atoms with E-state index >= 15 is 0 Å². The summed E-state index contributed by atoms with van der Waals surface area (Å²) in [5.74, 6) is -0.582. The van der Waals surface area contributed by atoms with Crippen LogP contribution >= 0.6 is 15.2 Å². The molecule has 1 N–H and O–H groups in total. The maximum atomic E-state index is 13.5. The summed E-state index contributed by atoms with van der Waals surface area (Å²) in [6.45, 7) is 8.21. The molecule has 0 radical (unpaired) electrons. The van der Waals surface area contributed by atoms with Crippen LogP contribution in [0.15, 0.2) is 30.3 Å². The molecule has 7 nitrogen and oxygen atoms in total. The summed E-state index contributed by atoms with van der Waals surface area (Å²) in [5.41, 5.74) is 0.447. The van der Waals surface area contributed by atoms with Gasteiger partial charge in [-0.2, -0.15) is 0 Å². The van der Waals surface area contributed by atoms with E-state index in [0.717, 1.165) is 5.56 Å². The average Bonchev–Trinajstić information content (AvgIpc) is 3.10. The van der Waals surface area contributed by atoms with Crippen molar-refractivity contribution in [3.8, 4) is 0 Å². The zero-order valence-corrected chi connectivity index (χ0v) is 18.3. The molecular formula is C18H31NO6P2. The lowest BCUT2D eigenvalue weighted by atomic mass is 10.1. The molecule has 0 unspecified atom stereocenters. The zero-order valence-electron chi connectivity index (χ0n) is 16.5. The zero-order chi connectivity index (χ0) is 19.9. The van der Waals surface area contributed by atoms with Gasteiger partial charge in [-0.25, -0.2) is 0 Å². The number of rotatable bonds is 11. The summed E-state index contributed by atoms with van der Waals surface area (Å²) >= 11 is 0. The van der Waals surface area contributed by atoms with Crippen molar-refractivity contribution < 1.29 is 27.2 Å². The number of hydrogen-bond acceptors (Lipinski definition) is 7. The maximum Gasteiger partial charge on any atom is 0.347 e. The smallest absolute Gasteiger partial charge is 0.309 e. The van der Waals surface area contributed by atoms with Crippen molar-refractivity contribution in [1.29, 1.82) is 0 Å². The fourth-order valence-corrected chi connectivity index (χ4v) is 7.85. The van der Waals surface area contributed by atoms with E-state index in [4.69, 9.17) is 18.1 Å². The second kappa shape index (κ2) is 10.3. The molecule has 1 aromatic rings. The Balaban J connectivity index is 2.42. The highest BCUT2D eigenvalue weighted by Gasteiger charge is 2.53. The van der Waals surface area contributed by atoms with Crippen molar-refractivity contribution in [3.05, 3.63) is 35.9 Å². The summed E-state index contributed by atoms with van der Waals surface area (Å²) in [4.78, 5) is 0. The molecule has 3 atom stereocenters. The predicted octanol–water partition coefficient (Wildman–Crippen LogP) is 4.95. The molecule has 27 heavy (non-hydrogen) atoms. The van der Waals surface area contributed by atoms with Crippen LogP contribution in [0.5, 0.6) is 0 Å². The highest BCUT2D eigenvalue weighted by molar-refractivity contribution is 7.56. The Kier molecular flexibility index (Phi) is 8.70. The van der Waals surface area contributed by atoms with Gasteiger partial charge < -0.3 is 18.1 Å². The average molecular weight is 419 g/mol. The van der Waals surface area contributed by atoms with E-state index in [2.05, 4.69) is 5.32 Å². The molecule has 1 aromatic carbocycles. The van der Waals surface area contributed by atoms with E-state index in [9.17, 15) is 9.13 Å². The van der Waals surface area contributed by atoms with Crippen LogP contribution in [-0.4, -0.2) is 37.9 Å². The van der Waals surface area contributed by atoms with Gasteiger partial charge in [0.1, 0.15) is 5.78 Å². The summed E-state index contributed by atoms with van der Waals surface area (Å²) in [5, 5.41) is 3.34. The standard InChI is InChI=1S/C18H31NO6P2/c1-5-22-26(20,23-6-2)16-14-17(27(21,24-7-3)25-8-4)19-18(16)15-12-10-9-11-13-15/h9-13,16-19H,5-8,14H2,1-4H3/t16-,17-,18+/m0/s1. The van der Waals surface area contributed by atoms with Gasteiger partial charge in [0.15, 0.2) is 0 Å². The normalized spacial score (nSPS) is 23.6. The molecule has 0 bridgehead atoms. The minimum absolute atomic E-state index is 0.269. The Bertz CT molecular complexity index is 651. The highest BCUT2D eigenvalue weighted by Crippen LogP contribution is 2.65. The molecule has 2 rings (SSSR count). The third-order valence-corrected chi connectivity index (χ3v) is 9.32. The lowest BCUT2D eigenvalue weighted by Crippen LogP contribution is -2.27. The second-order valence-corrected chi connectivity index (χ2v) is 10.6. The molecule has 1 aliphatic rings. The molecule has 9 heteroatoms. The molecule has 1 aliphatic heterocycles. The van der Waals surface area contributed by atoms with Gasteiger partial charge in [0, 0.05) is 6.04 Å². The van der Waals surface area contributed by atoms with Crippen LogP contribution < -0.4 is 5.32 Å². The van der Waals surface area contributed by atoms with Crippen LogP contribution in [0.25, 0.3) is 0 Å². The molecule has 0 amide bonds. The summed E-state index contributed by atoms with van der Waals surface area (Å²) in [6.07, 6.45) is 0.314. The van der Waals surface area contributed by atoms with Crippen molar-refractivity contribution in [3.63, 3.8) is 0 Å². The van der Waals surface area contributed by atoms with Crippen molar-refractivity contribution >= 4 is 15.2 Å². The van der Waals surface area contributed by atoms with E-state index in [-0.39, 0.29) is 32.5 Å². The molecule has 0 saturated carbocycles. The van der Waals surface area contributed by atoms with Gasteiger partial charge in [-0.3, -0.25) is 14.4 Å². The number of hydrogen-bond donors (Lipinski definition) is 1. The fourth-order valence-electron chi connectivity index (χ4n) is 3.43. The van der Waals surface area contributed by atoms with E-state index in [1.54, 1.807) is 27.7 Å². The Labute approximate surface area is 162 Å². The monoisotopic (exact) mass is 419 g/mol. The van der Waals surface area contributed by atoms with Crippen molar-refractivity contribution in [2.75, 3.05) is 26.4 Å². The Morgan fingerprint density at radius 1 is 0.852 bits per heavy atom. The molecule has 1 saturated heterocycles. The van der Waals surface area contributed by atoms with Gasteiger partial charge in [0.2, 0.25) is 0 Å². The Morgan fingerprint density at radius 3 is 1.81 bits per heavy atom. The molecule has 0 aliphatic carbocycles. The van der Waals surface area contributed by atoms with E-state index < -0.39 is 26.6 Å². The van der Waals surface area contributed by atoms with Crippen LogP contribution in [0.4, 0.5) is 0 Å². The van der Waals surface area contributed by atoms with E-state index in [1.165, 1.54) is 0 Å². The number of benzene rings is 1. The summed E-state index contributed by atoms with van der Waals surface area (Å²) < 4.78 is 49.1. The van der Waals surface area contributed by atoms with Gasteiger partial charge in [0.25, 0.3) is 0 Å². The Morgan fingerprint density at radius 2 is 1.33 bits per heavy atom. The minimum atomic E-state index is -3.43. The molecule has 0 aromatic heterocycles. The highest BCUT2D eigenvalue weighted by atomic mass is 31.2. The molecular weight excluding hydrogens is 388 g/mol. The summed E-state index contributed by atoms with van der Waals surface area (Å²) in [7, 11) is -6.84. The lowest BCUT2D eigenvalue weighted by Gasteiger charge is -2.27. The first-order valence-corrected chi connectivity index (χ1v) is 12.7. The van der Waals surface area contributed by atoms with Crippen LogP contribution in [0.1, 0.15) is 45.7 Å². The fraction of sp³-hybridized carbons (Fsp3) is 0.667. The van der Waals surface area contributed by atoms with Crippen LogP contribution in [-0.2, 0) is 27.2 Å². The largest absolute Gasteiger partial charge is 0.347 e. The summed E-state index contributed by atoms with van der Waals surface area (Å²) in [6, 6.07) is 9.30. The first-order chi connectivity index (χ1) is 12.9.